The Balaban J connectivity index is 2.26. The number of hydrogen-bond donors (Lipinski definition) is 2. The molecule has 2 aromatic heterocycles. The van der Waals surface area contributed by atoms with Crippen molar-refractivity contribution in [3.05, 3.63) is 56.6 Å². The van der Waals surface area contributed by atoms with Gasteiger partial charge in [-0.1, -0.05) is 18.2 Å². The highest BCUT2D eigenvalue weighted by Gasteiger charge is 2.13. The van der Waals surface area contributed by atoms with Gasteiger partial charge in [0.1, 0.15) is 0 Å². The Morgan fingerprint density at radius 1 is 1.19 bits per heavy atom. The Bertz CT molecular complexity index is 921. The van der Waals surface area contributed by atoms with Crippen molar-refractivity contribution >= 4 is 12.2 Å². The van der Waals surface area contributed by atoms with Crippen LogP contribution in [-0.4, -0.2) is 25.0 Å². The van der Waals surface area contributed by atoms with Gasteiger partial charge in [-0.25, -0.2) is 4.68 Å². The summed E-state index contributed by atoms with van der Waals surface area (Å²) in [4.78, 5) is 16.2. The third-order valence-electron chi connectivity index (χ3n) is 3.18. The highest BCUT2D eigenvalue weighted by molar-refractivity contribution is 7.71. The number of benzene rings is 1. The van der Waals surface area contributed by atoms with E-state index in [0.717, 1.165) is 16.9 Å². The van der Waals surface area contributed by atoms with Crippen LogP contribution in [0, 0.1) is 18.6 Å². The number of aromatic nitrogens is 5. The van der Waals surface area contributed by atoms with E-state index in [1.165, 1.54) is 0 Å². The lowest BCUT2D eigenvalue weighted by molar-refractivity contribution is 0.795. The topological polar surface area (TPSA) is 79.4 Å². The minimum Gasteiger partial charge on any atom is -0.287 e. The molecule has 21 heavy (non-hydrogen) atoms. The van der Waals surface area contributed by atoms with Gasteiger partial charge in [0.25, 0.3) is 0 Å². The molecule has 3 aromatic rings. The highest BCUT2D eigenvalue weighted by atomic mass is 32.1. The lowest BCUT2D eigenvalue weighted by Gasteiger charge is -2.12. The summed E-state index contributed by atoms with van der Waals surface area (Å²) < 4.78 is 2.02. The molecule has 0 spiro atoms. The van der Waals surface area contributed by atoms with Crippen LogP contribution in [0.5, 0.6) is 0 Å². The van der Waals surface area contributed by atoms with Crippen LogP contribution in [0.4, 0.5) is 0 Å². The van der Waals surface area contributed by atoms with Crippen molar-refractivity contribution < 1.29 is 0 Å². The first-order valence-electron chi connectivity index (χ1n) is 6.38. The fraction of sp³-hybridized carbons (Fsp3) is 0.143. The Morgan fingerprint density at radius 3 is 2.62 bits per heavy atom. The fourth-order valence-electron chi connectivity index (χ4n) is 2.14. The van der Waals surface area contributed by atoms with E-state index in [0.29, 0.717) is 5.82 Å². The van der Waals surface area contributed by atoms with Crippen LogP contribution in [0.2, 0.25) is 0 Å². The Hall–Kier alpha value is -2.54. The zero-order chi connectivity index (χ0) is 15.0. The Kier molecular flexibility index (Phi) is 3.26. The molecule has 1 aromatic carbocycles. The zero-order valence-corrected chi connectivity index (χ0v) is 12.4. The van der Waals surface area contributed by atoms with Gasteiger partial charge in [0.05, 0.1) is 5.69 Å². The van der Waals surface area contributed by atoms with E-state index >= 15 is 0 Å². The van der Waals surface area contributed by atoms with E-state index in [-0.39, 0.29) is 15.9 Å². The molecule has 106 valence electrons. The van der Waals surface area contributed by atoms with Crippen molar-refractivity contribution in [1.29, 1.82) is 0 Å². The maximum absolute atomic E-state index is 12.1. The van der Waals surface area contributed by atoms with Crippen molar-refractivity contribution in [1.82, 2.24) is 25.0 Å². The van der Waals surface area contributed by atoms with E-state index < -0.39 is 0 Å². The molecule has 0 amide bonds. The maximum atomic E-state index is 12.1. The first kappa shape index (κ1) is 13.4. The van der Waals surface area contributed by atoms with Crippen molar-refractivity contribution in [2.24, 2.45) is 0 Å². The summed E-state index contributed by atoms with van der Waals surface area (Å²) in [7, 11) is 0. The molecular weight excluding hydrogens is 286 g/mol. The van der Waals surface area contributed by atoms with Crippen LogP contribution in [0.3, 0.4) is 0 Å². The lowest BCUT2D eigenvalue weighted by atomic mass is 10.2. The number of nitrogens with one attached hydrogen (secondary N) is 2. The number of nitrogens with zero attached hydrogens (tertiary/aromatic N) is 3. The van der Waals surface area contributed by atoms with Gasteiger partial charge < -0.3 is 0 Å². The molecule has 2 N–H and O–H groups in total. The number of hydrogen-bond acceptors (Lipinski definition) is 4. The van der Waals surface area contributed by atoms with Gasteiger partial charge in [-0.15, -0.1) is 0 Å². The molecule has 0 unspecified atom stereocenters. The Labute approximate surface area is 125 Å². The zero-order valence-electron chi connectivity index (χ0n) is 11.5. The summed E-state index contributed by atoms with van der Waals surface area (Å²) in [5.41, 5.74) is 2.78. The number of rotatable bonds is 2. The molecule has 7 heteroatoms. The predicted molar refractivity (Wildman–Crippen MR) is 82.1 cm³/mol. The van der Waals surface area contributed by atoms with Crippen molar-refractivity contribution in [3.8, 4) is 17.2 Å². The number of aryl methyl sites for hydroxylation is 2. The van der Waals surface area contributed by atoms with E-state index in [1.807, 2.05) is 38.1 Å². The fourth-order valence-corrected chi connectivity index (χ4v) is 2.28. The van der Waals surface area contributed by atoms with Gasteiger partial charge in [0.2, 0.25) is 10.2 Å². The first-order valence-corrected chi connectivity index (χ1v) is 6.79. The predicted octanol–water partition coefficient (Wildman–Crippen LogP) is 2.30. The molecule has 0 fully saturated rings. The largest absolute Gasteiger partial charge is 0.287 e. The summed E-state index contributed by atoms with van der Waals surface area (Å²) >= 11 is 4.91. The third-order valence-corrected chi connectivity index (χ3v) is 3.37. The Morgan fingerprint density at radius 2 is 1.95 bits per heavy atom. The van der Waals surface area contributed by atoms with Gasteiger partial charge in [-0.2, -0.15) is 10.1 Å². The van der Waals surface area contributed by atoms with Crippen molar-refractivity contribution in [2.45, 2.75) is 13.8 Å². The second-order valence-corrected chi connectivity index (χ2v) is 5.10. The molecule has 0 atom stereocenters. The molecule has 0 aliphatic carbocycles. The molecule has 0 saturated carbocycles. The summed E-state index contributed by atoms with van der Waals surface area (Å²) in [6.07, 6.45) is 0. The van der Waals surface area contributed by atoms with Gasteiger partial charge in [0.15, 0.2) is 11.5 Å². The summed E-state index contributed by atoms with van der Waals surface area (Å²) in [6.45, 7) is 3.84. The van der Waals surface area contributed by atoms with Gasteiger partial charge >= 0.3 is 0 Å². The van der Waals surface area contributed by atoms with E-state index in [2.05, 4.69) is 20.3 Å². The molecule has 0 aliphatic heterocycles. The van der Waals surface area contributed by atoms with Crippen LogP contribution in [-0.2, 0) is 0 Å². The second-order valence-electron chi connectivity index (χ2n) is 4.71. The van der Waals surface area contributed by atoms with Gasteiger partial charge in [-0.3, -0.25) is 15.0 Å². The van der Waals surface area contributed by atoms with E-state index in [4.69, 9.17) is 12.2 Å². The summed E-state index contributed by atoms with van der Waals surface area (Å²) in [5.74, 6) is 0.340. The third kappa shape index (κ3) is 2.43. The quantitative estimate of drug-likeness (QED) is 0.712. The standard InChI is InChI=1S/C14H13N5OS/c1-8-5-3-4-6-10(8)19-9(2)7-11(20)12(18-19)13-15-14(21)17-16-13/h3-7H,1-2H3,(H2,15,16,17,21). The molecular formula is C14H13N5OS. The van der Waals surface area contributed by atoms with Crippen LogP contribution in [0.15, 0.2) is 35.1 Å². The molecule has 2 heterocycles. The van der Waals surface area contributed by atoms with Crippen LogP contribution >= 0.6 is 12.2 Å². The monoisotopic (exact) mass is 299 g/mol. The SMILES string of the molecule is Cc1ccccc1-n1nc(-c2nc(=S)[nH][nH]2)c(=O)cc1C. The molecule has 0 bridgehead atoms. The minimum absolute atomic E-state index is 0.199. The van der Waals surface area contributed by atoms with E-state index in [9.17, 15) is 4.79 Å². The van der Waals surface area contributed by atoms with Crippen LogP contribution in [0.1, 0.15) is 11.3 Å². The second kappa shape index (κ2) is 5.10. The first-order chi connectivity index (χ1) is 10.1. The minimum atomic E-state index is -0.199. The molecule has 6 nitrogen and oxygen atoms in total. The van der Waals surface area contributed by atoms with E-state index in [1.54, 1.807) is 10.7 Å². The number of H-pyrrole nitrogens is 2. The van der Waals surface area contributed by atoms with Crippen LogP contribution < -0.4 is 5.43 Å². The number of para-hydroxylation sites is 1. The maximum Gasteiger partial charge on any atom is 0.213 e. The average Bonchev–Trinajstić information content (AvgIpc) is 2.86. The highest BCUT2D eigenvalue weighted by Crippen LogP contribution is 2.15. The number of aromatic amines is 2. The summed E-state index contributed by atoms with van der Waals surface area (Å²) in [6, 6.07) is 9.39. The normalized spacial score (nSPS) is 10.8. The molecule has 0 aliphatic rings. The average molecular weight is 299 g/mol. The molecule has 0 saturated heterocycles. The van der Waals surface area contributed by atoms with Gasteiger partial charge in [0, 0.05) is 11.8 Å². The van der Waals surface area contributed by atoms with Crippen LogP contribution in [0.25, 0.3) is 17.2 Å². The van der Waals surface area contributed by atoms with Crippen molar-refractivity contribution in [3.63, 3.8) is 0 Å². The summed E-state index contributed by atoms with van der Waals surface area (Å²) in [5, 5.41) is 9.86. The lowest BCUT2D eigenvalue weighted by Crippen LogP contribution is -2.17. The molecule has 0 radical (unpaired) electrons. The smallest absolute Gasteiger partial charge is 0.213 e. The van der Waals surface area contributed by atoms with Gasteiger partial charge in [-0.05, 0) is 37.7 Å². The van der Waals surface area contributed by atoms with Crippen molar-refractivity contribution in [2.75, 3.05) is 0 Å². The molecule has 3 rings (SSSR count).